The van der Waals surface area contributed by atoms with E-state index in [-0.39, 0.29) is 6.03 Å². The van der Waals surface area contributed by atoms with Crippen LogP contribution in [0.1, 0.15) is 31.4 Å². The lowest BCUT2D eigenvalue weighted by atomic mass is 9.82. The van der Waals surface area contributed by atoms with Crippen molar-refractivity contribution in [3.05, 3.63) is 36.2 Å². The fourth-order valence-corrected chi connectivity index (χ4v) is 4.09. The third kappa shape index (κ3) is 3.52. The first-order chi connectivity index (χ1) is 12.7. The quantitative estimate of drug-likeness (QED) is 0.915. The van der Waals surface area contributed by atoms with Gasteiger partial charge in [-0.1, -0.05) is 18.1 Å². The molecule has 1 aliphatic heterocycles. The number of ether oxygens (including phenoxy) is 1. The van der Waals surface area contributed by atoms with Gasteiger partial charge in [-0.25, -0.2) is 9.48 Å². The molecule has 7 heteroatoms. The fraction of sp³-hybridized carbons (Fsp3) is 0.526. The molecule has 1 saturated heterocycles. The molecule has 2 fully saturated rings. The van der Waals surface area contributed by atoms with Gasteiger partial charge < -0.3 is 15.0 Å². The standard InChI is InChI=1S/C19H25N5O2/c1-26-18-8-6-17(7-9-18)24-13-16(21-22-24)10-20-19(25)23-11-14-4-2-3-5-15(14)12-23/h6-9,13-15H,2-5,10-12H2,1H3,(H,20,25)/t14-,15+. The first-order valence-electron chi connectivity index (χ1n) is 9.31. The van der Waals surface area contributed by atoms with Gasteiger partial charge in [0.25, 0.3) is 0 Å². The SMILES string of the molecule is COc1ccc(-n2cc(CNC(=O)N3C[C@H]4CCCC[C@H]4C3)nn2)cc1. The van der Waals surface area contributed by atoms with Crippen LogP contribution >= 0.6 is 0 Å². The van der Waals surface area contributed by atoms with Gasteiger partial charge in [-0.2, -0.15) is 0 Å². The van der Waals surface area contributed by atoms with Crippen molar-refractivity contribution in [2.24, 2.45) is 11.8 Å². The molecule has 4 rings (SSSR count). The van der Waals surface area contributed by atoms with E-state index in [2.05, 4.69) is 15.6 Å². The number of urea groups is 1. The van der Waals surface area contributed by atoms with Gasteiger partial charge in [-0.05, 0) is 48.9 Å². The average Bonchev–Trinajstić information content (AvgIpc) is 3.33. The highest BCUT2D eigenvalue weighted by Crippen LogP contribution is 2.35. The average molecular weight is 355 g/mol. The molecule has 2 heterocycles. The van der Waals surface area contributed by atoms with Crippen molar-refractivity contribution in [2.75, 3.05) is 20.2 Å². The normalized spacial score (nSPS) is 22.1. The number of hydrogen-bond acceptors (Lipinski definition) is 4. The van der Waals surface area contributed by atoms with Crippen LogP contribution in [-0.4, -0.2) is 46.1 Å². The van der Waals surface area contributed by atoms with Gasteiger partial charge in [0.15, 0.2) is 0 Å². The Morgan fingerprint density at radius 2 is 1.88 bits per heavy atom. The number of carbonyl (C=O) groups excluding carboxylic acids is 1. The minimum Gasteiger partial charge on any atom is -0.497 e. The highest BCUT2D eigenvalue weighted by atomic mass is 16.5. The highest BCUT2D eigenvalue weighted by molar-refractivity contribution is 5.74. The lowest BCUT2D eigenvalue weighted by Crippen LogP contribution is -2.38. The largest absolute Gasteiger partial charge is 0.497 e. The zero-order valence-electron chi connectivity index (χ0n) is 15.1. The maximum absolute atomic E-state index is 12.5. The second-order valence-electron chi connectivity index (χ2n) is 7.22. The number of aromatic nitrogens is 3. The molecule has 2 aliphatic rings. The van der Waals surface area contributed by atoms with E-state index in [1.807, 2.05) is 35.4 Å². The van der Waals surface area contributed by atoms with Crippen molar-refractivity contribution >= 4 is 6.03 Å². The molecule has 0 bridgehead atoms. The number of nitrogens with one attached hydrogen (secondary N) is 1. The summed E-state index contributed by atoms with van der Waals surface area (Å²) < 4.78 is 6.86. The van der Waals surface area contributed by atoms with Crippen molar-refractivity contribution in [1.82, 2.24) is 25.2 Å². The van der Waals surface area contributed by atoms with Crippen molar-refractivity contribution in [2.45, 2.75) is 32.2 Å². The summed E-state index contributed by atoms with van der Waals surface area (Å²) in [6.07, 6.45) is 7.00. The van der Waals surface area contributed by atoms with E-state index >= 15 is 0 Å². The van der Waals surface area contributed by atoms with E-state index in [0.717, 1.165) is 30.2 Å². The van der Waals surface area contributed by atoms with Crippen LogP contribution in [0.5, 0.6) is 5.75 Å². The predicted octanol–water partition coefficient (Wildman–Crippen LogP) is 2.61. The Balaban J connectivity index is 1.32. The Morgan fingerprint density at radius 3 is 2.54 bits per heavy atom. The van der Waals surface area contributed by atoms with Gasteiger partial charge in [-0.3, -0.25) is 0 Å². The summed E-state index contributed by atoms with van der Waals surface area (Å²) in [4.78, 5) is 14.4. The monoisotopic (exact) mass is 355 g/mol. The number of methoxy groups -OCH3 is 1. The Labute approximate surface area is 153 Å². The number of fused-ring (bicyclic) bond motifs is 1. The van der Waals surface area contributed by atoms with Crippen LogP contribution in [0.25, 0.3) is 5.69 Å². The second-order valence-corrected chi connectivity index (χ2v) is 7.22. The third-order valence-corrected chi connectivity index (χ3v) is 5.56. The molecular weight excluding hydrogens is 330 g/mol. The van der Waals surface area contributed by atoms with E-state index in [1.54, 1.807) is 11.8 Å². The molecular formula is C19H25N5O2. The highest BCUT2D eigenvalue weighted by Gasteiger charge is 2.36. The summed E-state index contributed by atoms with van der Waals surface area (Å²) >= 11 is 0. The topological polar surface area (TPSA) is 72.3 Å². The Morgan fingerprint density at radius 1 is 1.19 bits per heavy atom. The number of likely N-dealkylation sites (tertiary alicyclic amines) is 1. The molecule has 0 radical (unpaired) electrons. The Bertz CT molecular complexity index is 744. The van der Waals surface area contributed by atoms with E-state index in [1.165, 1.54) is 25.7 Å². The molecule has 2 amide bonds. The lowest BCUT2D eigenvalue weighted by molar-refractivity contribution is 0.205. The molecule has 2 aromatic rings. The Kier molecular flexibility index (Phi) is 4.77. The summed E-state index contributed by atoms with van der Waals surface area (Å²) in [5.41, 5.74) is 1.64. The van der Waals surface area contributed by atoms with Gasteiger partial charge in [0.1, 0.15) is 11.4 Å². The first-order valence-corrected chi connectivity index (χ1v) is 9.31. The summed E-state index contributed by atoms with van der Waals surface area (Å²) in [5, 5.41) is 11.3. The van der Waals surface area contributed by atoms with Crippen LogP contribution in [0.2, 0.25) is 0 Å². The molecule has 0 unspecified atom stereocenters. The van der Waals surface area contributed by atoms with Gasteiger partial charge in [0.2, 0.25) is 0 Å². The minimum atomic E-state index is 0.0124. The lowest BCUT2D eigenvalue weighted by Gasteiger charge is -2.22. The number of hydrogen-bond donors (Lipinski definition) is 1. The first kappa shape index (κ1) is 16.9. The van der Waals surface area contributed by atoms with Crippen molar-refractivity contribution in [1.29, 1.82) is 0 Å². The van der Waals surface area contributed by atoms with Crippen molar-refractivity contribution in [3.8, 4) is 11.4 Å². The van der Waals surface area contributed by atoms with Gasteiger partial charge >= 0.3 is 6.03 Å². The number of carbonyl (C=O) groups is 1. The van der Waals surface area contributed by atoms with Crippen LogP contribution in [0.4, 0.5) is 4.79 Å². The molecule has 1 aliphatic carbocycles. The zero-order valence-corrected chi connectivity index (χ0v) is 15.1. The van der Waals surface area contributed by atoms with Crippen LogP contribution in [0.15, 0.2) is 30.5 Å². The van der Waals surface area contributed by atoms with Gasteiger partial charge in [-0.15, -0.1) is 5.10 Å². The van der Waals surface area contributed by atoms with E-state index in [9.17, 15) is 4.79 Å². The molecule has 2 atom stereocenters. The molecule has 1 aromatic heterocycles. The zero-order chi connectivity index (χ0) is 17.9. The summed E-state index contributed by atoms with van der Waals surface area (Å²) in [5.74, 6) is 2.20. The van der Waals surface area contributed by atoms with Gasteiger partial charge in [0.05, 0.1) is 25.5 Å². The molecule has 1 N–H and O–H groups in total. The van der Waals surface area contributed by atoms with E-state index in [4.69, 9.17) is 4.74 Å². The van der Waals surface area contributed by atoms with Crippen molar-refractivity contribution < 1.29 is 9.53 Å². The van der Waals surface area contributed by atoms with E-state index < -0.39 is 0 Å². The van der Waals surface area contributed by atoms with Crippen LogP contribution in [0.3, 0.4) is 0 Å². The van der Waals surface area contributed by atoms with Crippen LogP contribution < -0.4 is 10.1 Å². The number of nitrogens with zero attached hydrogens (tertiary/aromatic N) is 4. The maximum atomic E-state index is 12.5. The maximum Gasteiger partial charge on any atom is 0.317 e. The van der Waals surface area contributed by atoms with Crippen molar-refractivity contribution in [3.63, 3.8) is 0 Å². The molecule has 1 aromatic carbocycles. The minimum absolute atomic E-state index is 0.0124. The number of benzene rings is 1. The fourth-order valence-electron chi connectivity index (χ4n) is 4.09. The van der Waals surface area contributed by atoms with Gasteiger partial charge in [0, 0.05) is 13.1 Å². The smallest absolute Gasteiger partial charge is 0.317 e. The molecule has 0 spiro atoms. The molecule has 7 nitrogen and oxygen atoms in total. The molecule has 138 valence electrons. The second kappa shape index (κ2) is 7.35. The molecule has 26 heavy (non-hydrogen) atoms. The number of amides is 2. The molecule has 1 saturated carbocycles. The summed E-state index contributed by atoms with van der Waals surface area (Å²) in [7, 11) is 1.64. The third-order valence-electron chi connectivity index (χ3n) is 5.56. The predicted molar refractivity (Wildman–Crippen MR) is 97.2 cm³/mol. The number of rotatable bonds is 4. The van der Waals surface area contributed by atoms with Crippen LogP contribution in [-0.2, 0) is 6.54 Å². The Hall–Kier alpha value is -2.57. The summed E-state index contributed by atoms with van der Waals surface area (Å²) in [6.45, 7) is 2.19. The summed E-state index contributed by atoms with van der Waals surface area (Å²) in [6, 6.07) is 7.61. The van der Waals surface area contributed by atoms with Crippen LogP contribution in [0, 0.1) is 11.8 Å². The van der Waals surface area contributed by atoms with E-state index in [0.29, 0.717) is 18.4 Å².